The van der Waals surface area contributed by atoms with E-state index in [9.17, 15) is 9.59 Å². The van der Waals surface area contributed by atoms with E-state index in [1.165, 1.54) is 6.42 Å². The fraction of sp³-hybridized carbons (Fsp3) is 0.882. The minimum Gasteiger partial charge on any atom is -0.466 e. The Kier molecular flexibility index (Phi) is 14.9. The van der Waals surface area contributed by atoms with Crippen LogP contribution in [0.3, 0.4) is 0 Å². The highest BCUT2D eigenvalue weighted by Gasteiger charge is 2.06. The molecule has 136 valence electrons. The maximum absolute atomic E-state index is 11.3. The number of ether oxygens (including phenoxy) is 2. The number of carbonyl (C=O) groups excluding carboxylic acids is 2. The van der Waals surface area contributed by atoms with Gasteiger partial charge in [-0.3, -0.25) is 9.59 Å². The molecule has 0 spiro atoms. The fourth-order valence-electron chi connectivity index (χ4n) is 2.06. The zero-order valence-corrected chi connectivity index (χ0v) is 16.2. The van der Waals surface area contributed by atoms with Gasteiger partial charge in [0.15, 0.2) is 0 Å². The van der Waals surface area contributed by atoms with E-state index in [0.29, 0.717) is 26.1 Å². The smallest absolute Gasteiger partial charge is 0.306 e. The lowest BCUT2D eigenvalue weighted by molar-refractivity contribution is -0.144. The Bertz CT molecular complexity index is 290. The van der Waals surface area contributed by atoms with Crippen LogP contribution in [0.5, 0.6) is 0 Å². The van der Waals surface area contributed by atoms with Crippen molar-refractivity contribution in [3.63, 3.8) is 0 Å². The van der Waals surface area contributed by atoms with Crippen molar-refractivity contribution in [3.05, 3.63) is 0 Å². The quantitative estimate of drug-likeness (QED) is 0.275. The molecule has 0 saturated heterocycles. The van der Waals surface area contributed by atoms with Crippen molar-refractivity contribution in [3.8, 4) is 0 Å². The summed E-state index contributed by atoms with van der Waals surface area (Å²) in [4.78, 5) is 22.6. The molecule has 0 N–H and O–H groups in total. The van der Waals surface area contributed by atoms with Gasteiger partial charge in [0.25, 0.3) is 0 Å². The van der Waals surface area contributed by atoms with Gasteiger partial charge >= 0.3 is 11.9 Å². The van der Waals surface area contributed by atoms with E-state index in [2.05, 4.69) is 25.3 Å². The SMILES string of the molecule is CC(S)CC(=O)OCCCCCCCCCOC(=O)CC(C)S. The molecule has 0 fully saturated rings. The van der Waals surface area contributed by atoms with Crippen LogP contribution in [-0.4, -0.2) is 35.7 Å². The van der Waals surface area contributed by atoms with Crippen molar-refractivity contribution in [2.45, 2.75) is 82.1 Å². The van der Waals surface area contributed by atoms with Crippen molar-refractivity contribution in [2.75, 3.05) is 13.2 Å². The average molecular weight is 365 g/mol. The summed E-state index contributed by atoms with van der Waals surface area (Å²) in [7, 11) is 0. The van der Waals surface area contributed by atoms with Gasteiger partial charge in [0.2, 0.25) is 0 Å². The van der Waals surface area contributed by atoms with E-state index in [0.717, 1.165) is 38.5 Å². The van der Waals surface area contributed by atoms with E-state index in [1.54, 1.807) is 0 Å². The van der Waals surface area contributed by atoms with Crippen LogP contribution in [-0.2, 0) is 19.1 Å². The van der Waals surface area contributed by atoms with Crippen LogP contribution in [0.15, 0.2) is 0 Å². The predicted octanol–water partition coefficient (Wildman–Crippen LogP) is 4.22. The molecule has 0 aliphatic carbocycles. The summed E-state index contributed by atoms with van der Waals surface area (Å²) in [5, 5.41) is 0.117. The number of hydrogen-bond donors (Lipinski definition) is 2. The predicted molar refractivity (Wildman–Crippen MR) is 100 cm³/mol. The Balaban J connectivity index is 3.22. The van der Waals surface area contributed by atoms with Gasteiger partial charge in [0.05, 0.1) is 26.1 Å². The maximum atomic E-state index is 11.3. The molecule has 0 rings (SSSR count). The second-order valence-electron chi connectivity index (χ2n) is 6.02. The first-order valence-electron chi connectivity index (χ1n) is 8.59. The molecule has 0 bridgehead atoms. The summed E-state index contributed by atoms with van der Waals surface area (Å²) in [6.07, 6.45) is 8.23. The first-order chi connectivity index (χ1) is 10.9. The Morgan fingerprint density at radius 3 is 1.30 bits per heavy atom. The number of carbonyl (C=O) groups is 2. The molecule has 0 heterocycles. The molecular formula is C17H32O4S2. The number of thiol groups is 2. The number of unbranched alkanes of at least 4 members (excludes halogenated alkanes) is 6. The van der Waals surface area contributed by atoms with Crippen molar-refractivity contribution in [1.29, 1.82) is 0 Å². The molecule has 2 unspecified atom stereocenters. The van der Waals surface area contributed by atoms with Gasteiger partial charge in [-0.2, -0.15) is 25.3 Å². The molecule has 0 aliphatic heterocycles. The Morgan fingerprint density at radius 2 is 1.00 bits per heavy atom. The van der Waals surface area contributed by atoms with Crippen LogP contribution in [0.4, 0.5) is 0 Å². The van der Waals surface area contributed by atoms with E-state index in [-0.39, 0.29) is 22.4 Å². The van der Waals surface area contributed by atoms with Crippen LogP contribution in [0.2, 0.25) is 0 Å². The van der Waals surface area contributed by atoms with E-state index in [1.807, 2.05) is 13.8 Å². The highest BCUT2D eigenvalue weighted by molar-refractivity contribution is 7.81. The first-order valence-corrected chi connectivity index (χ1v) is 9.62. The Morgan fingerprint density at radius 1 is 0.696 bits per heavy atom. The van der Waals surface area contributed by atoms with Gasteiger partial charge in [-0.1, -0.05) is 46.0 Å². The third-order valence-corrected chi connectivity index (χ3v) is 3.60. The molecule has 0 saturated carbocycles. The monoisotopic (exact) mass is 364 g/mol. The van der Waals surface area contributed by atoms with Crippen LogP contribution in [0, 0.1) is 0 Å². The van der Waals surface area contributed by atoms with E-state index >= 15 is 0 Å². The summed E-state index contributed by atoms with van der Waals surface area (Å²) < 4.78 is 10.2. The van der Waals surface area contributed by atoms with E-state index < -0.39 is 0 Å². The van der Waals surface area contributed by atoms with Gasteiger partial charge in [-0.05, 0) is 12.8 Å². The highest BCUT2D eigenvalue weighted by atomic mass is 32.1. The van der Waals surface area contributed by atoms with Crippen molar-refractivity contribution < 1.29 is 19.1 Å². The Hall–Kier alpha value is -0.360. The molecule has 0 aromatic rings. The second-order valence-corrected chi connectivity index (χ2v) is 7.79. The van der Waals surface area contributed by atoms with Crippen LogP contribution < -0.4 is 0 Å². The van der Waals surface area contributed by atoms with Gasteiger partial charge in [0.1, 0.15) is 0 Å². The average Bonchev–Trinajstić information content (AvgIpc) is 2.43. The minimum absolute atomic E-state index is 0.0584. The van der Waals surface area contributed by atoms with Crippen molar-refractivity contribution >= 4 is 37.2 Å². The summed E-state index contributed by atoms with van der Waals surface area (Å²) >= 11 is 8.31. The number of hydrogen-bond acceptors (Lipinski definition) is 6. The van der Waals surface area contributed by atoms with Crippen molar-refractivity contribution in [1.82, 2.24) is 0 Å². The molecule has 4 nitrogen and oxygen atoms in total. The summed E-state index contributed by atoms with van der Waals surface area (Å²) in [6.45, 7) is 4.79. The standard InChI is InChI=1S/C17H32O4S2/c1-14(22)12-16(18)20-10-8-6-4-3-5-7-9-11-21-17(19)13-15(2)23/h14-15,22-23H,3-13H2,1-2H3. The second kappa shape index (κ2) is 15.2. The lowest BCUT2D eigenvalue weighted by Gasteiger charge is -2.07. The topological polar surface area (TPSA) is 52.6 Å². The third-order valence-electron chi connectivity index (χ3n) is 3.24. The highest BCUT2D eigenvalue weighted by Crippen LogP contribution is 2.09. The summed E-state index contributed by atoms with van der Waals surface area (Å²) in [6, 6.07) is 0. The minimum atomic E-state index is -0.158. The summed E-state index contributed by atoms with van der Waals surface area (Å²) in [5.74, 6) is -0.316. The molecule has 0 amide bonds. The molecule has 23 heavy (non-hydrogen) atoms. The van der Waals surface area contributed by atoms with Crippen LogP contribution in [0.1, 0.15) is 71.6 Å². The van der Waals surface area contributed by atoms with Crippen LogP contribution >= 0.6 is 25.3 Å². The number of rotatable bonds is 14. The lowest BCUT2D eigenvalue weighted by Crippen LogP contribution is -2.10. The van der Waals surface area contributed by atoms with Crippen molar-refractivity contribution in [2.24, 2.45) is 0 Å². The molecule has 0 aromatic heterocycles. The molecule has 0 aromatic carbocycles. The Labute approximate surface area is 151 Å². The third kappa shape index (κ3) is 17.8. The van der Waals surface area contributed by atoms with Gasteiger partial charge in [-0.25, -0.2) is 0 Å². The molecule has 2 atom stereocenters. The molecule has 6 heteroatoms. The fourth-order valence-corrected chi connectivity index (χ4v) is 2.36. The van der Waals surface area contributed by atoms with Gasteiger partial charge < -0.3 is 9.47 Å². The lowest BCUT2D eigenvalue weighted by atomic mass is 10.1. The van der Waals surface area contributed by atoms with Crippen LogP contribution in [0.25, 0.3) is 0 Å². The first kappa shape index (κ1) is 22.6. The van der Waals surface area contributed by atoms with E-state index in [4.69, 9.17) is 9.47 Å². The van der Waals surface area contributed by atoms with Gasteiger partial charge in [-0.15, -0.1) is 0 Å². The largest absolute Gasteiger partial charge is 0.466 e. The molecule has 0 radical (unpaired) electrons. The summed E-state index contributed by atoms with van der Waals surface area (Å²) in [5.41, 5.74) is 0. The zero-order valence-electron chi connectivity index (χ0n) is 14.5. The zero-order chi connectivity index (χ0) is 17.5. The normalized spacial score (nSPS) is 13.4. The van der Waals surface area contributed by atoms with Gasteiger partial charge in [0, 0.05) is 10.5 Å². The maximum Gasteiger partial charge on any atom is 0.306 e. The number of esters is 2. The molecule has 0 aliphatic rings. The molecular weight excluding hydrogens is 332 g/mol.